The molecular formula is C18H18NNaO3. The number of ether oxygens (including phenoxy) is 1. The Hall–Kier alpha value is -1.33. The first kappa shape index (κ1) is 18.0. The van der Waals surface area contributed by atoms with Crippen LogP contribution in [0.2, 0.25) is 0 Å². The van der Waals surface area contributed by atoms with E-state index in [-0.39, 0.29) is 35.5 Å². The van der Waals surface area contributed by atoms with Crippen molar-refractivity contribution in [2.75, 3.05) is 13.1 Å². The molecule has 1 fully saturated rings. The second-order valence-corrected chi connectivity index (χ2v) is 5.60. The van der Waals surface area contributed by atoms with Crippen LogP contribution >= 0.6 is 0 Å². The number of hydrogen-bond acceptors (Lipinski definition) is 4. The molecule has 0 saturated carbocycles. The van der Waals surface area contributed by atoms with Crippen LogP contribution in [-0.4, -0.2) is 24.0 Å². The summed E-state index contributed by atoms with van der Waals surface area (Å²) in [6.07, 6.45) is 0.669. The van der Waals surface area contributed by atoms with Crippen molar-refractivity contribution in [1.82, 2.24) is 4.90 Å². The first-order valence-electron chi connectivity index (χ1n) is 7.46. The minimum Gasteiger partial charge on any atom is -0.550 e. The zero-order valence-electron chi connectivity index (χ0n) is 13.3. The van der Waals surface area contributed by atoms with E-state index in [4.69, 9.17) is 4.74 Å². The van der Waals surface area contributed by atoms with Crippen LogP contribution in [0.4, 0.5) is 0 Å². The average Bonchev–Trinajstić information content (AvgIpc) is 2.97. The van der Waals surface area contributed by atoms with Crippen molar-refractivity contribution >= 4 is 5.97 Å². The average molecular weight is 319 g/mol. The van der Waals surface area contributed by atoms with Crippen molar-refractivity contribution in [3.8, 4) is 11.5 Å². The Labute approximate surface area is 158 Å². The summed E-state index contributed by atoms with van der Waals surface area (Å²) in [7, 11) is 0. The largest absolute Gasteiger partial charge is 1.00 e. The molecule has 0 amide bonds. The second-order valence-electron chi connectivity index (χ2n) is 5.60. The maximum atomic E-state index is 10.9. The van der Waals surface area contributed by atoms with Crippen LogP contribution < -0.4 is 39.4 Å². The van der Waals surface area contributed by atoms with Gasteiger partial charge >= 0.3 is 29.6 Å². The first-order valence-corrected chi connectivity index (χ1v) is 7.46. The maximum Gasteiger partial charge on any atom is 1.00 e. The maximum absolute atomic E-state index is 10.9. The van der Waals surface area contributed by atoms with E-state index < -0.39 is 5.97 Å². The van der Waals surface area contributed by atoms with Gasteiger partial charge in [-0.25, -0.2) is 0 Å². The number of carboxylic acid groups (broad SMARTS) is 1. The molecule has 1 unspecified atom stereocenters. The van der Waals surface area contributed by atoms with E-state index in [0.29, 0.717) is 13.0 Å². The van der Waals surface area contributed by atoms with Crippen molar-refractivity contribution in [3.63, 3.8) is 0 Å². The van der Waals surface area contributed by atoms with Crippen LogP contribution in [0.1, 0.15) is 12.0 Å². The zero-order valence-corrected chi connectivity index (χ0v) is 15.3. The van der Waals surface area contributed by atoms with Gasteiger partial charge in [0.15, 0.2) is 0 Å². The van der Waals surface area contributed by atoms with Gasteiger partial charge in [-0.3, -0.25) is 4.90 Å². The molecule has 23 heavy (non-hydrogen) atoms. The Morgan fingerprint density at radius 1 is 1.13 bits per heavy atom. The SMILES string of the molecule is O=C([O-])C1CCN(Cc2cccc(Oc3ccccc3)c2)C1.[Na+]. The zero-order chi connectivity index (χ0) is 15.4. The third-order valence-corrected chi connectivity index (χ3v) is 3.89. The smallest absolute Gasteiger partial charge is 0.550 e. The fourth-order valence-electron chi connectivity index (χ4n) is 2.76. The number of para-hydroxylation sites is 1. The summed E-state index contributed by atoms with van der Waals surface area (Å²) in [5.41, 5.74) is 1.12. The van der Waals surface area contributed by atoms with Crippen molar-refractivity contribution in [1.29, 1.82) is 0 Å². The normalized spacial score (nSPS) is 17.5. The predicted molar refractivity (Wildman–Crippen MR) is 81.3 cm³/mol. The Morgan fingerprint density at radius 2 is 1.87 bits per heavy atom. The monoisotopic (exact) mass is 319 g/mol. The van der Waals surface area contributed by atoms with Crippen molar-refractivity contribution in [2.45, 2.75) is 13.0 Å². The summed E-state index contributed by atoms with van der Waals surface area (Å²) < 4.78 is 5.82. The van der Waals surface area contributed by atoms with Crippen LogP contribution in [0, 0.1) is 5.92 Å². The number of carboxylic acids is 1. The Morgan fingerprint density at radius 3 is 2.57 bits per heavy atom. The van der Waals surface area contributed by atoms with E-state index in [1.807, 2.05) is 54.6 Å². The van der Waals surface area contributed by atoms with E-state index in [9.17, 15) is 9.90 Å². The molecule has 2 aromatic rings. The summed E-state index contributed by atoms with van der Waals surface area (Å²) in [6.45, 7) is 2.09. The van der Waals surface area contributed by atoms with Gasteiger partial charge in [-0.2, -0.15) is 0 Å². The summed E-state index contributed by atoms with van der Waals surface area (Å²) in [4.78, 5) is 13.0. The number of hydrogen-bond donors (Lipinski definition) is 0. The molecule has 1 aliphatic rings. The van der Waals surface area contributed by atoms with E-state index in [2.05, 4.69) is 4.90 Å². The Bertz CT molecular complexity index is 648. The van der Waals surface area contributed by atoms with Crippen molar-refractivity contribution in [3.05, 3.63) is 60.2 Å². The van der Waals surface area contributed by atoms with Gasteiger partial charge in [0.1, 0.15) is 11.5 Å². The molecule has 0 spiro atoms. The minimum absolute atomic E-state index is 0. The minimum atomic E-state index is -0.941. The number of rotatable bonds is 5. The third-order valence-electron chi connectivity index (χ3n) is 3.89. The molecule has 114 valence electrons. The first-order chi connectivity index (χ1) is 10.7. The molecule has 1 saturated heterocycles. The fourth-order valence-corrected chi connectivity index (χ4v) is 2.76. The molecule has 0 radical (unpaired) electrons. The molecule has 0 aliphatic carbocycles. The molecule has 3 rings (SSSR count). The van der Waals surface area contributed by atoms with E-state index in [1.54, 1.807) is 0 Å². The van der Waals surface area contributed by atoms with Gasteiger partial charge < -0.3 is 14.6 Å². The topological polar surface area (TPSA) is 52.6 Å². The molecule has 4 nitrogen and oxygen atoms in total. The number of nitrogens with zero attached hydrogens (tertiary/aromatic N) is 1. The van der Waals surface area contributed by atoms with E-state index in [1.165, 1.54) is 0 Å². The molecule has 0 bridgehead atoms. The van der Waals surface area contributed by atoms with Crippen molar-refractivity contribution in [2.24, 2.45) is 5.92 Å². The molecule has 1 heterocycles. The van der Waals surface area contributed by atoms with Gasteiger partial charge in [0.25, 0.3) is 0 Å². The van der Waals surface area contributed by atoms with Crippen LogP contribution in [-0.2, 0) is 11.3 Å². The molecule has 5 heteroatoms. The van der Waals surface area contributed by atoms with Gasteiger partial charge in [0.2, 0.25) is 0 Å². The number of aliphatic carboxylic acids is 1. The Kier molecular flexibility index (Phi) is 6.66. The molecule has 0 aromatic heterocycles. The fraction of sp³-hybridized carbons (Fsp3) is 0.278. The molecule has 1 aliphatic heterocycles. The standard InChI is InChI=1S/C18H19NO3.Na/c20-18(21)15-9-10-19(13-15)12-14-5-4-8-17(11-14)22-16-6-2-1-3-7-16;/h1-8,11,15H,9-10,12-13H2,(H,20,21);/q;+1/p-1. The van der Waals surface area contributed by atoms with Gasteiger partial charge in [0, 0.05) is 25.0 Å². The number of benzene rings is 2. The quantitative estimate of drug-likeness (QED) is 0.667. The van der Waals surface area contributed by atoms with Gasteiger partial charge in [0.05, 0.1) is 0 Å². The summed E-state index contributed by atoms with van der Waals surface area (Å²) in [5.74, 6) is 0.310. The molecular weight excluding hydrogens is 301 g/mol. The van der Waals surface area contributed by atoms with Crippen molar-refractivity contribution < 1.29 is 44.2 Å². The van der Waals surface area contributed by atoms with Crippen LogP contribution in [0.3, 0.4) is 0 Å². The van der Waals surface area contributed by atoms with Gasteiger partial charge in [-0.05, 0) is 42.8 Å². The van der Waals surface area contributed by atoms with E-state index >= 15 is 0 Å². The predicted octanol–water partition coefficient (Wildman–Crippen LogP) is -0.945. The van der Waals surface area contributed by atoms with E-state index in [0.717, 1.165) is 30.2 Å². The van der Waals surface area contributed by atoms with Gasteiger partial charge in [-0.15, -0.1) is 0 Å². The Balaban J connectivity index is 0.00000192. The third kappa shape index (κ3) is 5.08. The summed E-state index contributed by atoms with van der Waals surface area (Å²) in [5, 5.41) is 10.9. The summed E-state index contributed by atoms with van der Waals surface area (Å²) >= 11 is 0. The van der Waals surface area contributed by atoms with Crippen LogP contribution in [0.5, 0.6) is 11.5 Å². The second kappa shape index (κ2) is 8.50. The van der Waals surface area contributed by atoms with Gasteiger partial charge in [-0.1, -0.05) is 30.3 Å². The summed E-state index contributed by atoms with van der Waals surface area (Å²) in [6, 6.07) is 17.6. The van der Waals surface area contributed by atoms with Crippen LogP contribution in [0.25, 0.3) is 0 Å². The molecule has 2 aromatic carbocycles. The number of likely N-dealkylation sites (tertiary alicyclic amines) is 1. The molecule has 0 N–H and O–H groups in total. The number of carbonyl (C=O) groups excluding carboxylic acids is 1. The molecule has 1 atom stereocenters. The number of carbonyl (C=O) groups is 1. The van der Waals surface area contributed by atoms with Crippen LogP contribution in [0.15, 0.2) is 54.6 Å².